The molecule has 0 amide bonds. The van der Waals surface area contributed by atoms with Crippen molar-refractivity contribution in [2.45, 2.75) is 19.1 Å². The van der Waals surface area contributed by atoms with Gasteiger partial charge in [0.05, 0.1) is 12.1 Å². The third-order valence-corrected chi connectivity index (χ3v) is 3.22. The predicted molar refractivity (Wildman–Crippen MR) is 70.4 cm³/mol. The number of hydrogen-bond acceptors (Lipinski definition) is 3. The molecule has 0 radical (unpaired) electrons. The summed E-state index contributed by atoms with van der Waals surface area (Å²) in [7, 11) is 3.90. The van der Waals surface area contributed by atoms with Gasteiger partial charge < -0.3 is 15.7 Å². The molecule has 1 aromatic carbocycles. The van der Waals surface area contributed by atoms with Crippen LogP contribution in [0.2, 0.25) is 0 Å². The summed E-state index contributed by atoms with van der Waals surface area (Å²) >= 11 is 3.45. The molecule has 0 saturated carbocycles. The number of rotatable bonds is 4. The van der Waals surface area contributed by atoms with Crippen LogP contribution >= 0.6 is 15.9 Å². The summed E-state index contributed by atoms with van der Waals surface area (Å²) in [4.78, 5) is 1.99. The first kappa shape index (κ1) is 13.6. The molecule has 0 heterocycles. The molecule has 4 heteroatoms. The van der Waals surface area contributed by atoms with E-state index >= 15 is 0 Å². The van der Waals surface area contributed by atoms with Crippen molar-refractivity contribution in [2.24, 2.45) is 5.73 Å². The summed E-state index contributed by atoms with van der Waals surface area (Å²) in [6, 6.07) is 6.01. The maximum atomic E-state index is 9.97. The minimum atomic E-state index is -0.553. The second-order valence-corrected chi connectivity index (χ2v) is 5.13. The maximum Gasteiger partial charge on any atom is 0.0858 e. The highest BCUT2D eigenvalue weighted by Crippen LogP contribution is 2.27. The number of hydrogen-bond donors (Lipinski definition) is 2. The number of nitrogens with zero attached hydrogens (tertiary/aromatic N) is 1. The van der Waals surface area contributed by atoms with Gasteiger partial charge in [0.2, 0.25) is 0 Å². The van der Waals surface area contributed by atoms with Gasteiger partial charge in [-0.15, -0.1) is 0 Å². The Morgan fingerprint density at radius 2 is 2.06 bits per heavy atom. The quantitative estimate of drug-likeness (QED) is 0.886. The van der Waals surface area contributed by atoms with Crippen molar-refractivity contribution in [3.05, 3.63) is 33.8 Å². The second-order valence-electron chi connectivity index (χ2n) is 4.21. The van der Waals surface area contributed by atoms with Crippen molar-refractivity contribution >= 4 is 15.9 Å². The third-order valence-electron chi connectivity index (χ3n) is 2.72. The van der Waals surface area contributed by atoms with Gasteiger partial charge in [-0.1, -0.05) is 22.0 Å². The van der Waals surface area contributed by atoms with Crippen LogP contribution in [0.4, 0.5) is 0 Å². The molecular weight excluding hydrogens is 268 g/mol. The lowest BCUT2D eigenvalue weighted by molar-refractivity contribution is 0.0819. The number of aliphatic hydroxyl groups excluding tert-OH is 1. The number of likely N-dealkylation sites (N-methyl/N-ethyl adjacent to an activating group) is 1. The maximum absolute atomic E-state index is 9.97. The molecule has 1 aromatic rings. The van der Waals surface area contributed by atoms with Gasteiger partial charge in [-0.25, -0.2) is 0 Å². The predicted octanol–water partition coefficient (Wildman–Crippen LogP) is 1.68. The number of benzene rings is 1. The molecule has 0 aromatic heterocycles. The Bertz CT molecular complexity index is 355. The van der Waals surface area contributed by atoms with E-state index in [1.54, 1.807) is 0 Å². The molecule has 1 rings (SSSR count). The zero-order valence-electron chi connectivity index (χ0n) is 9.94. The number of nitrogens with two attached hydrogens (primary N) is 1. The Kier molecular flexibility index (Phi) is 4.92. The third kappa shape index (κ3) is 3.04. The lowest BCUT2D eigenvalue weighted by atomic mass is 9.96. The molecule has 0 fully saturated rings. The molecule has 0 aliphatic heterocycles. The van der Waals surface area contributed by atoms with Crippen LogP contribution in [-0.2, 0) is 0 Å². The SMILES string of the molecule is Cc1ccc(Br)cc1C(C(O)CN)N(C)C. The molecule has 0 saturated heterocycles. The van der Waals surface area contributed by atoms with E-state index in [1.807, 2.05) is 44.1 Å². The van der Waals surface area contributed by atoms with E-state index in [0.717, 1.165) is 15.6 Å². The highest BCUT2D eigenvalue weighted by Gasteiger charge is 2.23. The second kappa shape index (κ2) is 5.77. The minimum Gasteiger partial charge on any atom is -0.390 e. The molecule has 3 N–H and O–H groups in total. The van der Waals surface area contributed by atoms with Crippen LogP contribution in [0.25, 0.3) is 0 Å². The standard InChI is InChI=1S/C12H19BrN2O/c1-8-4-5-9(13)6-10(8)12(15(2)3)11(16)7-14/h4-6,11-12,16H,7,14H2,1-3H3. The van der Waals surface area contributed by atoms with E-state index in [-0.39, 0.29) is 12.6 Å². The Hall–Kier alpha value is -0.420. The highest BCUT2D eigenvalue weighted by molar-refractivity contribution is 9.10. The van der Waals surface area contributed by atoms with Gasteiger partial charge in [-0.3, -0.25) is 0 Å². The number of aliphatic hydroxyl groups is 1. The average molecular weight is 287 g/mol. The Morgan fingerprint density at radius 1 is 1.44 bits per heavy atom. The van der Waals surface area contributed by atoms with Crippen LogP contribution < -0.4 is 5.73 Å². The molecule has 16 heavy (non-hydrogen) atoms. The van der Waals surface area contributed by atoms with E-state index in [2.05, 4.69) is 15.9 Å². The Labute approximate surface area is 105 Å². The Morgan fingerprint density at radius 3 is 2.56 bits per heavy atom. The van der Waals surface area contributed by atoms with E-state index in [1.165, 1.54) is 0 Å². The molecule has 0 bridgehead atoms. The normalized spacial score (nSPS) is 15.2. The van der Waals surface area contributed by atoms with E-state index in [0.29, 0.717) is 0 Å². The Balaban J connectivity index is 3.15. The van der Waals surface area contributed by atoms with E-state index in [4.69, 9.17) is 5.73 Å². The fourth-order valence-corrected chi connectivity index (χ4v) is 2.27. The summed E-state index contributed by atoms with van der Waals surface area (Å²) < 4.78 is 1.02. The summed E-state index contributed by atoms with van der Waals surface area (Å²) in [5, 5.41) is 9.97. The van der Waals surface area contributed by atoms with Gasteiger partial charge in [-0.05, 0) is 44.3 Å². The lowest BCUT2D eigenvalue weighted by Crippen LogP contribution is -2.36. The molecule has 0 aliphatic carbocycles. The topological polar surface area (TPSA) is 49.5 Å². The van der Waals surface area contributed by atoms with Crippen LogP contribution in [0.1, 0.15) is 17.2 Å². The zero-order chi connectivity index (χ0) is 12.3. The summed E-state index contributed by atoms with van der Waals surface area (Å²) in [5.74, 6) is 0. The first-order chi connectivity index (χ1) is 7.47. The van der Waals surface area contributed by atoms with Crippen molar-refractivity contribution in [2.75, 3.05) is 20.6 Å². The molecule has 2 atom stereocenters. The first-order valence-corrected chi connectivity index (χ1v) is 6.07. The van der Waals surface area contributed by atoms with Crippen LogP contribution in [0, 0.1) is 6.92 Å². The van der Waals surface area contributed by atoms with Crippen LogP contribution in [0.5, 0.6) is 0 Å². The molecular formula is C12H19BrN2O. The molecule has 0 aliphatic rings. The number of aryl methyl sites for hydroxylation is 1. The largest absolute Gasteiger partial charge is 0.390 e. The van der Waals surface area contributed by atoms with Crippen molar-refractivity contribution in [3.63, 3.8) is 0 Å². The fourth-order valence-electron chi connectivity index (χ4n) is 1.89. The monoisotopic (exact) mass is 286 g/mol. The van der Waals surface area contributed by atoms with Gasteiger partial charge in [0.15, 0.2) is 0 Å². The zero-order valence-corrected chi connectivity index (χ0v) is 11.5. The van der Waals surface area contributed by atoms with Gasteiger partial charge in [-0.2, -0.15) is 0 Å². The minimum absolute atomic E-state index is 0.0671. The molecule has 2 unspecified atom stereocenters. The van der Waals surface area contributed by atoms with Crippen molar-refractivity contribution in [1.82, 2.24) is 4.90 Å². The summed E-state index contributed by atoms with van der Waals surface area (Å²) in [5.41, 5.74) is 7.82. The number of halogens is 1. The molecule has 3 nitrogen and oxygen atoms in total. The van der Waals surface area contributed by atoms with Gasteiger partial charge in [0.25, 0.3) is 0 Å². The van der Waals surface area contributed by atoms with Crippen molar-refractivity contribution in [1.29, 1.82) is 0 Å². The van der Waals surface area contributed by atoms with Gasteiger partial charge in [0, 0.05) is 11.0 Å². The van der Waals surface area contributed by atoms with Gasteiger partial charge in [0.1, 0.15) is 0 Å². The van der Waals surface area contributed by atoms with Gasteiger partial charge >= 0.3 is 0 Å². The highest BCUT2D eigenvalue weighted by atomic mass is 79.9. The van der Waals surface area contributed by atoms with Crippen LogP contribution in [-0.4, -0.2) is 36.8 Å². The lowest BCUT2D eigenvalue weighted by Gasteiger charge is -2.30. The van der Waals surface area contributed by atoms with E-state index in [9.17, 15) is 5.11 Å². The summed E-state index contributed by atoms with van der Waals surface area (Å²) in [6.45, 7) is 2.30. The molecule has 0 spiro atoms. The van der Waals surface area contributed by atoms with Crippen molar-refractivity contribution < 1.29 is 5.11 Å². The average Bonchev–Trinajstić information content (AvgIpc) is 2.22. The van der Waals surface area contributed by atoms with Crippen molar-refractivity contribution in [3.8, 4) is 0 Å². The fraction of sp³-hybridized carbons (Fsp3) is 0.500. The first-order valence-electron chi connectivity index (χ1n) is 5.28. The van der Waals surface area contributed by atoms with Crippen LogP contribution in [0.3, 0.4) is 0 Å². The summed E-state index contributed by atoms with van der Waals surface area (Å²) in [6.07, 6.45) is -0.553. The van der Waals surface area contributed by atoms with E-state index < -0.39 is 6.10 Å². The van der Waals surface area contributed by atoms with Crippen LogP contribution in [0.15, 0.2) is 22.7 Å². The molecule has 90 valence electrons. The smallest absolute Gasteiger partial charge is 0.0858 e.